The Balaban J connectivity index is 2.55. The molecule has 5 heteroatoms. The van der Waals surface area contributed by atoms with Gasteiger partial charge < -0.3 is 14.2 Å². The third-order valence-electron chi connectivity index (χ3n) is 3.34. The van der Waals surface area contributed by atoms with Crippen LogP contribution >= 0.6 is 11.3 Å². The highest BCUT2D eigenvalue weighted by Crippen LogP contribution is 2.41. The number of hydrogen-bond donors (Lipinski definition) is 0. The van der Waals surface area contributed by atoms with Gasteiger partial charge in [0.05, 0.1) is 31.8 Å². The van der Waals surface area contributed by atoms with Crippen LogP contribution in [0.3, 0.4) is 0 Å². The molecule has 0 bridgehead atoms. The second-order valence-electron chi connectivity index (χ2n) is 4.56. The lowest BCUT2D eigenvalue weighted by molar-refractivity contribution is 0.103. The van der Waals surface area contributed by atoms with E-state index in [1.807, 2.05) is 19.9 Å². The van der Waals surface area contributed by atoms with Crippen LogP contribution in [0.15, 0.2) is 18.2 Å². The first kappa shape index (κ1) is 15.4. The van der Waals surface area contributed by atoms with Gasteiger partial charge in [-0.3, -0.25) is 4.79 Å². The number of hydrogen-bond acceptors (Lipinski definition) is 5. The monoisotopic (exact) mass is 306 g/mol. The van der Waals surface area contributed by atoms with Crippen molar-refractivity contribution >= 4 is 17.1 Å². The van der Waals surface area contributed by atoms with E-state index in [9.17, 15) is 4.79 Å². The summed E-state index contributed by atoms with van der Waals surface area (Å²) in [5, 5.41) is 0. The predicted octanol–water partition coefficient (Wildman–Crippen LogP) is 3.62. The number of aryl methyl sites for hydroxylation is 2. The zero-order valence-corrected chi connectivity index (χ0v) is 13.6. The summed E-state index contributed by atoms with van der Waals surface area (Å²) in [7, 11) is 4.58. The maximum absolute atomic E-state index is 12.7. The summed E-state index contributed by atoms with van der Waals surface area (Å²) in [6, 6.07) is 5.31. The minimum atomic E-state index is -0.0750. The van der Waals surface area contributed by atoms with Crippen LogP contribution in [0, 0.1) is 13.8 Å². The van der Waals surface area contributed by atoms with Crippen LogP contribution in [0.4, 0.5) is 0 Å². The van der Waals surface area contributed by atoms with Crippen LogP contribution in [0.5, 0.6) is 17.2 Å². The molecule has 0 aliphatic carbocycles. The van der Waals surface area contributed by atoms with Gasteiger partial charge in [0.25, 0.3) is 0 Å². The fraction of sp³-hybridized carbons (Fsp3) is 0.312. The fourth-order valence-electron chi connectivity index (χ4n) is 2.10. The first-order valence-corrected chi connectivity index (χ1v) is 7.25. The molecule has 1 aromatic carbocycles. The Morgan fingerprint density at radius 1 is 1.00 bits per heavy atom. The van der Waals surface area contributed by atoms with E-state index in [2.05, 4.69) is 0 Å². The third-order valence-corrected chi connectivity index (χ3v) is 4.49. The second-order valence-corrected chi connectivity index (χ2v) is 5.82. The molecule has 2 aromatic rings. The van der Waals surface area contributed by atoms with Crippen molar-refractivity contribution in [2.45, 2.75) is 13.8 Å². The molecule has 0 unspecified atom stereocenters. The van der Waals surface area contributed by atoms with Gasteiger partial charge >= 0.3 is 0 Å². The van der Waals surface area contributed by atoms with Crippen molar-refractivity contribution in [1.29, 1.82) is 0 Å². The highest BCUT2D eigenvalue weighted by molar-refractivity contribution is 7.14. The molecule has 0 aliphatic heterocycles. The topological polar surface area (TPSA) is 44.8 Å². The zero-order valence-electron chi connectivity index (χ0n) is 12.8. The summed E-state index contributed by atoms with van der Waals surface area (Å²) in [6.07, 6.45) is 0. The van der Waals surface area contributed by atoms with E-state index < -0.39 is 0 Å². The molecule has 2 rings (SSSR count). The standard InChI is InChI=1S/C16H18O4S/c1-9-8-13(21-10(9)2)14(17)11-6-7-12(18-3)16(20-5)15(11)19-4/h6-8H,1-5H3. The van der Waals surface area contributed by atoms with E-state index in [1.54, 1.807) is 19.2 Å². The van der Waals surface area contributed by atoms with E-state index >= 15 is 0 Å². The molecule has 21 heavy (non-hydrogen) atoms. The number of ether oxygens (including phenoxy) is 3. The lowest BCUT2D eigenvalue weighted by atomic mass is 10.1. The molecule has 0 spiro atoms. The Morgan fingerprint density at radius 3 is 2.14 bits per heavy atom. The molecular weight excluding hydrogens is 288 g/mol. The number of ketones is 1. The lowest BCUT2D eigenvalue weighted by Gasteiger charge is -2.14. The van der Waals surface area contributed by atoms with Crippen molar-refractivity contribution in [2.75, 3.05) is 21.3 Å². The predicted molar refractivity (Wildman–Crippen MR) is 83.3 cm³/mol. The summed E-state index contributed by atoms with van der Waals surface area (Å²) < 4.78 is 15.9. The molecule has 1 aromatic heterocycles. The van der Waals surface area contributed by atoms with Gasteiger partial charge in [0.15, 0.2) is 11.5 Å². The number of thiophene rings is 1. The molecule has 4 nitrogen and oxygen atoms in total. The van der Waals surface area contributed by atoms with Gasteiger partial charge in [-0.2, -0.15) is 0 Å². The van der Waals surface area contributed by atoms with Crippen molar-refractivity contribution in [3.05, 3.63) is 39.1 Å². The summed E-state index contributed by atoms with van der Waals surface area (Å²) in [6.45, 7) is 4.00. The van der Waals surface area contributed by atoms with E-state index in [0.717, 1.165) is 10.4 Å². The van der Waals surface area contributed by atoms with Gasteiger partial charge in [0.1, 0.15) is 0 Å². The number of carbonyl (C=O) groups excluding carboxylic acids is 1. The van der Waals surface area contributed by atoms with Crippen molar-refractivity contribution in [3.8, 4) is 17.2 Å². The molecular formula is C16H18O4S. The highest BCUT2D eigenvalue weighted by atomic mass is 32.1. The first-order chi connectivity index (χ1) is 10.0. The van der Waals surface area contributed by atoms with E-state index in [-0.39, 0.29) is 5.78 Å². The van der Waals surface area contributed by atoms with E-state index in [4.69, 9.17) is 14.2 Å². The van der Waals surface area contributed by atoms with Crippen LogP contribution in [0.2, 0.25) is 0 Å². The largest absolute Gasteiger partial charge is 0.493 e. The zero-order chi connectivity index (χ0) is 15.6. The Kier molecular flexibility index (Phi) is 4.53. The molecule has 0 saturated heterocycles. The van der Waals surface area contributed by atoms with Gasteiger partial charge in [-0.1, -0.05) is 0 Å². The number of carbonyl (C=O) groups is 1. The summed E-state index contributed by atoms with van der Waals surface area (Å²) in [5.74, 6) is 1.28. The van der Waals surface area contributed by atoms with Crippen LogP contribution < -0.4 is 14.2 Å². The third kappa shape index (κ3) is 2.74. The average Bonchev–Trinajstić information content (AvgIpc) is 2.84. The number of rotatable bonds is 5. The molecule has 0 saturated carbocycles. The Hall–Kier alpha value is -2.01. The van der Waals surface area contributed by atoms with Crippen molar-refractivity contribution < 1.29 is 19.0 Å². The minimum absolute atomic E-state index is 0.0750. The summed E-state index contributed by atoms with van der Waals surface area (Å²) >= 11 is 1.48. The van der Waals surface area contributed by atoms with Crippen LogP contribution in [0.1, 0.15) is 25.7 Å². The molecule has 0 N–H and O–H groups in total. The van der Waals surface area contributed by atoms with Gasteiger partial charge in [-0.05, 0) is 37.6 Å². The van der Waals surface area contributed by atoms with Crippen LogP contribution in [-0.4, -0.2) is 27.1 Å². The molecule has 0 fully saturated rings. The van der Waals surface area contributed by atoms with Crippen molar-refractivity contribution in [3.63, 3.8) is 0 Å². The van der Waals surface area contributed by atoms with E-state index in [1.165, 1.54) is 25.6 Å². The smallest absolute Gasteiger partial charge is 0.206 e. The summed E-state index contributed by atoms with van der Waals surface area (Å²) in [5.41, 5.74) is 1.58. The molecule has 0 atom stereocenters. The maximum atomic E-state index is 12.7. The molecule has 0 aliphatic rings. The quantitative estimate of drug-likeness (QED) is 0.791. The van der Waals surface area contributed by atoms with Gasteiger partial charge in [-0.25, -0.2) is 0 Å². The van der Waals surface area contributed by atoms with Crippen molar-refractivity contribution in [2.24, 2.45) is 0 Å². The average molecular weight is 306 g/mol. The lowest BCUT2D eigenvalue weighted by Crippen LogP contribution is -2.05. The SMILES string of the molecule is COc1ccc(C(=O)c2cc(C)c(C)s2)c(OC)c1OC. The van der Waals surface area contributed by atoms with Gasteiger partial charge in [0, 0.05) is 4.88 Å². The second kappa shape index (κ2) is 6.18. The first-order valence-electron chi connectivity index (χ1n) is 6.44. The Labute approximate surface area is 128 Å². The Bertz CT molecular complexity index is 654. The summed E-state index contributed by atoms with van der Waals surface area (Å²) in [4.78, 5) is 14.5. The molecule has 112 valence electrons. The molecule has 0 amide bonds. The van der Waals surface area contributed by atoms with Gasteiger partial charge in [0.2, 0.25) is 11.5 Å². The molecule has 0 radical (unpaired) electrons. The normalized spacial score (nSPS) is 10.3. The minimum Gasteiger partial charge on any atom is -0.493 e. The molecule has 1 heterocycles. The highest BCUT2D eigenvalue weighted by Gasteiger charge is 2.22. The Morgan fingerprint density at radius 2 is 1.67 bits per heavy atom. The van der Waals surface area contributed by atoms with E-state index in [0.29, 0.717) is 27.7 Å². The van der Waals surface area contributed by atoms with Crippen molar-refractivity contribution in [1.82, 2.24) is 0 Å². The number of methoxy groups -OCH3 is 3. The fourth-order valence-corrected chi connectivity index (χ4v) is 3.09. The van der Waals surface area contributed by atoms with Crippen LogP contribution in [0.25, 0.3) is 0 Å². The number of benzene rings is 1. The van der Waals surface area contributed by atoms with Crippen LogP contribution in [-0.2, 0) is 0 Å². The maximum Gasteiger partial charge on any atom is 0.206 e. The van der Waals surface area contributed by atoms with Gasteiger partial charge in [-0.15, -0.1) is 11.3 Å².